The van der Waals surface area contributed by atoms with Gasteiger partial charge in [-0.1, -0.05) is 64.9 Å². The van der Waals surface area contributed by atoms with Gasteiger partial charge < -0.3 is 4.74 Å². The number of benzene rings is 2. The zero-order valence-corrected chi connectivity index (χ0v) is 19.1. The largest absolute Gasteiger partial charge is 0.463 e. The molecule has 0 bridgehead atoms. The minimum absolute atomic E-state index is 0.222. The number of ether oxygens (including phenoxy) is 1. The van der Waals surface area contributed by atoms with E-state index >= 15 is 0 Å². The SMILES string of the molecule is CCOC(=O)C1=C(C)N=c2s/c(=C\c3ccccc3Cl)c(=O)n2[C@H]1c1ccc(Cl)cc1. The number of aromatic nitrogens is 1. The Labute approximate surface area is 192 Å². The third-order valence-electron chi connectivity index (χ3n) is 4.89. The predicted octanol–water partition coefficient (Wildman–Crippen LogP) is 4.11. The van der Waals surface area contributed by atoms with Crippen molar-refractivity contribution >= 4 is 46.6 Å². The first-order valence-electron chi connectivity index (χ1n) is 9.60. The van der Waals surface area contributed by atoms with Crippen molar-refractivity contribution in [2.45, 2.75) is 19.9 Å². The topological polar surface area (TPSA) is 60.7 Å². The second-order valence-electron chi connectivity index (χ2n) is 6.88. The van der Waals surface area contributed by atoms with Gasteiger partial charge in [-0.15, -0.1) is 0 Å². The number of carbonyl (C=O) groups excluding carboxylic acids is 1. The van der Waals surface area contributed by atoms with Gasteiger partial charge in [-0.05, 0) is 49.2 Å². The number of esters is 1. The molecule has 0 spiro atoms. The van der Waals surface area contributed by atoms with E-state index in [9.17, 15) is 9.59 Å². The van der Waals surface area contributed by atoms with Gasteiger partial charge in [0.25, 0.3) is 5.56 Å². The summed E-state index contributed by atoms with van der Waals surface area (Å²) < 4.78 is 7.29. The fraction of sp³-hybridized carbons (Fsp3) is 0.174. The number of nitrogens with zero attached hydrogens (tertiary/aromatic N) is 2. The molecule has 0 amide bonds. The molecule has 0 N–H and O–H groups in total. The molecule has 0 saturated carbocycles. The summed E-state index contributed by atoms with van der Waals surface area (Å²) in [5.74, 6) is -0.496. The van der Waals surface area contributed by atoms with Gasteiger partial charge in [0.2, 0.25) is 0 Å². The van der Waals surface area contributed by atoms with Crippen LogP contribution in [0, 0.1) is 0 Å². The van der Waals surface area contributed by atoms with Crippen molar-refractivity contribution in [2.24, 2.45) is 4.99 Å². The van der Waals surface area contributed by atoms with Crippen LogP contribution in [-0.2, 0) is 9.53 Å². The lowest BCUT2D eigenvalue weighted by atomic mass is 9.96. The summed E-state index contributed by atoms with van der Waals surface area (Å²) >= 11 is 13.6. The van der Waals surface area contributed by atoms with Crippen LogP contribution in [0.3, 0.4) is 0 Å². The van der Waals surface area contributed by atoms with E-state index in [-0.39, 0.29) is 12.2 Å². The Morgan fingerprint density at radius 2 is 1.90 bits per heavy atom. The van der Waals surface area contributed by atoms with Crippen molar-refractivity contribution in [2.75, 3.05) is 6.61 Å². The van der Waals surface area contributed by atoms with Crippen molar-refractivity contribution < 1.29 is 9.53 Å². The Balaban J connectivity index is 1.97. The standard InChI is InChI=1S/C23H18Cl2N2O3S/c1-3-30-22(29)19-13(2)26-23-27(20(19)14-8-10-16(24)11-9-14)21(28)18(31-23)12-15-6-4-5-7-17(15)25/h4-12,20H,3H2,1-2H3/b18-12-/t20-/m0/s1. The Bertz CT molecular complexity index is 1370. The number of fused-ring (bicyclic) bond motifs is 1. The summed E-state index contributed by atoms with van der Waals surface area (Å²) in [6.07, 6.45) is 1.74. The van der Waals surface area contributed by atoms with Crippen molar-refractivity contribution in [1.82, 2.24) is 4.57 Å². The molecule has 1 aromatic heterocycles. The zero-order chi connectivity index (χ0) is 22.1. The minimum atomic E-state index is -0.666. The lowest BCUT2D eigenvalue weighted by Gasteiger charge is -2.24. The van der Waals surface area contributed by atoms with E-state index in [2.05, 4.69) is 4.99 Å². The molecule has 1 atom stereocenters. The van der Waals surface area contributed by atoms with Gasteiger partial charge >= 0.3 is 5.97 Å². The molecule has 0 fully saturated rings. The molecule has 1 aliphatic heterocycles. The Kier molecular flexibility index (Phi) is 6.14. The number of carbonyl (C=O) groups is 1. The molecular formula is C23H18Cl2N2O3S. The lowest BCUT2D eigenvalue weighted by Crippen LogP contribution is -2.39. The maximum Gasteiger partial charge on any atom is 0.338 e. The smallest absolute Gasteiger partial charge is 0.338 e. The van der Waals surface area contributed by atoms with Crippen LogP contribution in [0.4, 0.5) is 0 Å². The highest BCUT2D eigenvalue weighted by Crippen LogP contribution is 2.31. The fourth-order valence-corrected chi connectivity index (χ4v) is 4.84. The predicted molar refractivity (Wildman–Crippen MR) is 123 cm³/mol. The van der Waals surface area contributed by atoms with Gasteiger partial charge in [-0.25, -0.2) is 9.79 Å². The highest BCUT2D eigenvalue weighted by Gasteiger charge is 2.33. The third-order valence-corrected chi connectivity index (χ3v) is 6.47. The summed E-state index contributed by atoms with van der Waals surface area (Å²) in [6.45, 7) is 3.71. The van der Waals surface area contributed by atoms with Gasteiger partial charge in [0.05, 0.1) is 28.5 Å². The molecule has 8 heteroatoms. The Hall–Kier alpha value is -2.67. The van der Waals surface area contributed by atoms with E-state index in [1.807, 2.05) is 18.2 Å². The number of rotatable bonds is 4. The summed E-state index contributed by atoms with van der Waals surface area (Å²) in [5, 5.41) is 1.11. The first kappa shape index (κ1) is 21.6. The van der Waals surface area contributed by atoms with Crippen LogP contribution in [-0.4, -0.2) is 17.1 Å². The average Bonchev–Trinajstić information content (AvgIpc) is 3.04. The van der Waals surface area contributed by atoms with Crippen molar-refractivity contribution in [3.63, 3.8) is 0 Å². The van der Waals surface area contributed by atoms with Gasteiger partial charge in [-0.3, -0.25) is 9.36 Å². The average molecular weight is 473 g/mol. The molecule has 5 nitrogen and oxygen atoms in total. The second kappa shape index (κ2) is 8.83. The van der Waals surface area contributed by atoms with Crippen molar-refractivity contribution in [3.05, 3.63) is 101 Å². The maximum absolute atomic E-state index is 13.5. The molecule has 4 rings (SSSR count). The zero-order valence-electron chi connectivity index (χ0n) is 16.8. The molecular weight excluding hydrogens is 455 g/mol. The Morgan fingerprint density at radius 1 is 1.19 bits per heavy atom. The van der Waals surface area contributed by atoms with Crippen LogP contribution in [0.15, 0.2) is 69.6 Å². The van der Waals surface area contributed by atoms with E-state index in [0.717, 1.165) is 11.1 Å². The lowest BCUT2D eigenvalue weighted by molar-refractivity contribution is -0.139. The third kappa shape index (κ3) is 4.11. The van der Waals surface area contributed by atoms with Gasteiger partial charge in [-0.2, -0.15) is 0 Å². The normalized spacial score (nSPS) is 16.1. The van der Waals surface area contributed by atoms with E-state index in [1.165, 1.54) is 15.9 Å². The van der Waals surface area contributed by atoms with Crippen molar-refractivity contribution in [1.29, 1.82) is 0 Å². The number of hydrogen-bond acceptors (Lipinski definition) is 5. The molecule has 0 unspecified atom stereocenters. The van der Waals surface area contributed by atoms with E-state index in [1.54, 1.807) is 50.3 Å². The highest BCUT2D eigenvalue weighted by atomic mass is 35.5. The Morgan fingerprint density at radius 3 is 2.58 bits per heavy atom. The molecule has 31 heavy (non-hydrogen) atoms. The summed E-state index contributed by atoms with van der Waals surface area (Å²) in [7, 11) is 0. The fourth-order valence-electron chi connectivity index (χ4n) is 3.49. The molecule has 3 aromatic rings. The number of allylic oxidation sites excluding steroid dienone is 1. The number of halogens is 2. The van der Waals surface area contributed by atoms with Gasteiger partial charge in [0.1, 0.15) is 0 Å². The van der Waals surface area contributed by atoms with E-state index in [0.29, 0.717) is 30.6 Å². The number of thiazole rings is 1. The number of hydrogen-bond donors (Lipinski definition) is 0. The monoisotopic (exact) mass is 472 g/mol. The van der Waals surface area contributed by atoms with Gasteiger partial charge in [0, 0.05) is 10.0 Å². The van der Waals surface area contributed by atoms with Crippen LogP contribution in [0.5, 0.6) is 0 Å². The van der Waals surface area contributed by atoms with E-state index in [4.69, 9.17) is 27.9 Å². The summed E-state index contributed by atoms with van der Waals surface area (Å²) in [5.41, 5.74) is 2.08. The van der Waals surface area contributed by atoms with Crippen LogP contribution in [0.2, 0.25) is 10.0 Å². The van der Waals surface area contributed by atoms with Crippen LogP contribution < -0.4 is 14.9 Å². The quantitative estimate of drug-likeness (QED) is 0.536. The molecule has 0 radical (unpaired) electrons. The first-order chi connectivity index (χ1) is 14.9. The van der Waals surface area contributed by atoms with Crippen molar-refractivity contribution in [3.8, 4) is 0 Å². The maximum atomic E-state index is 13.5. The van der Waals surface area contributed by atoms with Crippen LogP contribution >= 0.6 is 34.5 Å². The molecule has 1 aliphatic rings. The van der Waals surface area contributed by atoms with E-state index < -0.39 is 12.0 Å². The minimum Gasteiger partial charge on any atom is -0.463 e. The van der Waals surface area contributed by atoms with Crippen LogP contribution in [0.25, 0.3) is 6.08 Å². The van der Waals surface area contributed by atoms with Crippen LogP contribution in [0.1, 0.15) is 31.0 Å². The highest BCUT2D eigenvalue weighted by molar-refractivity contribution is 7.07. The molecule has 0 saturated heterocycles. The first-order valence-corrected chi connectivity index (χ1v) is 11.2. The molecule has 2 heterocycles. The summed E-state index contributed by atoms with van der Waals surface area (Å²) in [4.78, 5) is 31.3. The molecule has 0 aliphatic carbocycles. The molecule has 158 valence electrons. The second-order valence-corrected chi connectivity index (χ2v) is 8.73. The molecule has 2 aromatic carbocycles. The summed E-state index contributed by atoms with van der Waals surface area (Å²) in [6, 6.07) is 13.7. The van der Waals surface area contributed by atoms with Gasteiger partial charge in [0.15, 0.2) is 4.80 Å².